The van der Waals surface area contributed by atoms with Crippen LogP contribution in [0.4, 0.5) is 26.3 Å². The van der Waals surface area contributed by atoms with Crippen molar-refractivity contribution < 1.29 is 26.3 Å². The van der Waals surface area contributed by atoms with E-state index in [1.807, 2.05) is 0 Å². The maximum atomic E-state index is 12.9. The molecule has 0 aliphatic heterocycles. The van der Waals surface area contributed by atoms with Crippen LogP contribution in [0.5, 0.6) is 0 Å². The third-order valence-electron chi connectivity index (χ3n) is 3.99. The molecule has 0 heterocycles. The Morgan fingerprint density at radius 3 is 1.46 bits per heavy atom. The van der Waals surface area contributed by atoms with E-state index >= 15 is 0 Å². The van der Waals surface area contributed by atoms with Crippen LogP contribution >= 0.6 is 0 Å². The number of benzene rings is 2. The first kappa shape index (κ1) is 18.3. The van der Waals surface area contributed by atoms with Crippen LogP contribution in [0.1, 0.15) is 11.1 Å². The first-order chi connectivity index (χ1) is 11.0. The average Bonchev–Trinajstić information content (AvgIpc) is 2.53. The lowest BCUT2D eigenvalue weighted by molar-refractivity contribution is -0.138. The lowest BCUT2D eigenvalue weighted by atomic mass is 10.2. The molecule has 0 bridgehead atoms. The van der Waals surface area contributed by atoms with Crippen LogP contribution < -0.4 is 10.4 Å². The summed E-state index contributed by atoms with van der Waals surface area (Å²) < 4.78 is 77.5. The fourth-order valence-electron chi connectivity index (χ4n) is 2.44. The summed E-state index contributed by atoms with van der Waals surface area (Å²) in [6.07, 6.45) is -9.03. The second-order valence-corrected chi connectivity index (χ2v) is 9.53. The summed E-state index contributed by atoms with van der Waals surface area (Å²) in [5, 5.41) is 0.707. The van der Waals surface area contributed by atoms with E-state index in [0.29, 0.717) is 10.4 Å². The van der Waals surface area contributed by atoms with E-state index in [1.165, 1.54) is 30.0 Å². The zero-order valence-corrected chi connectivity index (χ0v) is 13.7. The van der Waals surface area contributed by atoms with Gasteiger partial charge in [0.25, 0.3) is 0 Å². The molecular formula is C17H14F6Si. The Labute approximate surface area is 136 Å². The molecule has 2 aromatic carbocycles. The van der Waals surface area contributed by atoms with Crippen LogP contribution in [0.2, 0.25) is 6.55 Å². The highest BCUT2D eigenvalue weighted by Gasteiger charge is 2.36. The van der Waals surface area contributed by atoms with E-state index in [4.69, 9.17) is 0 Å². The second kappa shape index (κ2) is 6.12. The summed E-state index contributed by atoms with van der Waals surface area (Å²) >= 11 is 0. The van der Waals surface area contributed by atoms with Crippen molar-refractivity contribution >= 4 is 18.4 Å². The molecule has 2 aromatic rings. The molecule has 2 rings (SSSR count). The normalized spacial score (nSPS) is 13.0. The van der Waals surface area contributed by atoms with Gasteiger partial charge >= 0.3 is 12.4 Å². The van der Waals surface area contributed by atoms with E-state index in [9.17, 15) is 26.3 Å². The minimum atomic E-state index is -4.51. The third-order valence-corrected chi connectivity index (χ3v) is 7.82. The van der Waals surface area contributed by atoms with E-state index in [1.54, 1.807) is 6.55 Å². The van der Waals surface area contributed by atoms with E-state index in [2.05, 4.69) is 6.58 Å². The van der Waals surface area contributed by atoms with E-state index in [0.717, 1.165) is 24.3 Å². The van der Waals surface area contributed by atoms with Crippen LogP contribution in [0.25, 0.3) is 0 Å². The van der Waals surface area contributed by atoms with Crippen LogP contribution in [0.15, 0.2) is 60.8 Å². The molecule has 0 N–H and O–H groups in total. The minimum Gasteiger partial charge on any atom is -0.166 e. The zero-order valence-electron chi connectivity index (χ0n) is 12.7. The molecule has 7 heteroatoms. The van der Waals surface area contributed by atoms with E-state index in [-0.39, 0.29) is 0 Å². The molecule has 0 radical (unpaired) electrons. The molecule has 0 spiro atoms. The fraction of sp³-hybridized carbons (Fsp3) is 0.176. The Hall–Kier alpha value is -2.02. The quantitative estimate of drug-likeness (QED) is 0.552. The maximum Gasteiger partial charge on any atom is 0.416 e. The van der Waals surface area contributed by atoms with Gasteiger partial charge in [0.1, 0.15) is 8.07 Å². The molecule has 0 aliphatic rings. The molecule has 0 nitrogen and oxygen atoms in total. The van der Waals surface area contributed by atoms with Gasteiger partial charge in [-0.15, -0.1) is 6.58 Å². The second-order valence-electron chi connectivity index (χ2n) is 5.56. The van der Waals surface area contributed by atoms with Gasteiger partial charge in [0.2, 0.25) is 0 Å². The van der Waals surface area contributed by atoms with Gasteiger partial charge in [-0.25, -0.2) is 0 Å². The van der Waals surface area contributed by atoms with Crippen molar-refractivity contribution in [1.82, 2.24) is 0 Å². The van der Waals surface area contributed by atoms with Gasteiger partial charge in [0.05, 0.1) is 11.1 Å². The highest BCUT2D eigenvalue weighted by Crippen LogP contribution is 2.30. The lowest BCUT2D eigenvalue weighted by Crippen LogP contribution is -2.54. The van der Waals surface area contributed by atoms with Gasteiger partial charge in [0, 0.05) is 0 Å². The van der Waals surface area contributed by atoms with Crippen molar-refractivity contribution in [2.24, 2.45) is 0 Å². The first-order valence-electron chi connectivity index (χ1n) is 6.97. The predicted molar refractivity (Wildman–Crippen MR) is 84.0 cm³/mol. The fourth-order valence-corrected chi connectivity index (χ4v) is 5.04. The Balaban J connectivity index is 2.60. The van der Waals surface area contributed by atoms with Crippen LogP contribution in [0, 0.1) is 0 Å². The van der Waals surface area contributed by atoms with Crippen molar-refractivity contribution in [1.29, 1.82) is 0 Å². The summed E-state index contributed by atoms with van der Waals surface area (Å²) in [6, 6.07) is 9.40. The minimum absolute atomic E-state index is 0.353. The molecule has 0 atom stereocenters. The van der Waals surface area contributed by atoms with Crippen molar-refractivity contribution in [2.45, 2.75) is 18.9 Å². The summed E-state index contributed by atoms with van der Waals surface area (Å²) in [4.78, 5) is 0. The molecular weight excluding hydrogens is 346 g/mol. The molecule has 24 heavy (non-hydrogen) atoms. The Bertz CT molecular complexity index is 688. The largest absolute Gasteiger partial charge is 0.416 e. The van der Waals surface area contributed by atoms with Gasteiger partial charge in [-0.1, -0.05) is 60.8 Å². The number of alkyl halides is 6. The number of rotatable bonds is 3. The zero-order chi connectivity index (χ0) is 18.2. The molecule has 0 saturated carbocycles. The summed E-state index contributed by atoms with van der Waals surface area (Å²) in [5.41, 5.74) is -0.169. The summed E-state index contributed by atoms with van der Waals surface area (Å²) in [7, 11) is -2.93. The monoisotopic (exact) mass is 360 g/mol. The first-order valence-corrected chi connectivity index (χ1v) is 9.55. The Morgan fingerprint density at radius 2 is 1.17 bits per heavy atom. The Morgan fingerprint density at radius 1 is 0.792 bits per heavy atom. The van der Waals surface area contributed by atoms with Crippen molar-refractivity contribution in [3.63, 3.8) is 0 Å². The highest BCUT2D eigenvalue weighted by molar-refractivity contribution is 7.05. The molecule has 0 unspecified atom stereocenters. The molecule has 0 saturated heterocycles. The number of hydrogen-bond acceptors (Lipinski definition) is 0. The number of halogens is 6. The highest BCUT2D eigenvalue weighted by atomic mass is 28.3. The Kier molecular flexibility index (Phi) is 4.67. The topological polar surface area (TPSA) is 0 Å². The molecule has 0 aromatic heterocycles. The van der Waals surface area contributed by atoms with Crippen molar-refractivity contribution in [3.8, 4) is 0 Å². The van der Waals surface area contributed by atoms with Crippen molar-refractivity contribution in [2.75, 3.05) is 0 Å². The van der Waals surface area contributed by atoms with Crippen molar-refractivity contribution in [3.05, 3.63) is 71.9 Å². The lowest BCUT2D eigenvalue weighted by Gasteiger charge is -2.26. The molecule has 128 valence electrons. The molecule has 0 amide bonds. The van der Waals surface area contributed by atoms with Crippen LogP contribution in [-0.4, -0.2) is 8.07 Å². The van der Waals surface area contributed by atoms with Crippen LogP contribution in [0.3, 0.4) is 0 Å². The van der Waals surface area contributed by atoms with Crippen LogP contribution in [-0.2, 0) is 12.4 Å². The van der Waals surface area contributed by atoms with Gasteiger partial charge in [-0.3, -0.25) is 0 Å². The maximum absolute atomic E-state index is 12.9. The van der Waals surface area contributed by atoms with Gasteiger partial charge in [-0.05, 0) is 10.4 Å². The van der Waals surface area contributed by atoms with E-state index < -0.39 is 31.6 Å². The van der Waals surface area contributed by atoms with Gasteiger partial charge in [-0.2, -0.15) is 26.3 Å². The van der Waals surface area contributed by atoms with Gasteiger partial charge in [0.15, 0.2) is 0 Å². The summed E-state index contributed by atoms with van der Waals surface area (Å²) in [6.45, 7) is 5.34. The smallest absolute Gasteiger partial charge is 0.166 e. The molecule has 0 fully saturated rings. The molecule has 0 aliphatic carbocycles. The average molecular weight is 360 g/mol. The standard InChI is InChI=1S/C17H14F6Si/c1-3-24(2,14-8-4-6-12(10-14)16(18,19)20)15-9-5-7-13(11-15)17(21,22)23/h3-11H,1H2,2H3. The van der Waals surface area contributed by atoms with Gasteiger partial charge < -0.3 is 0 Å². The SMILES string of the molecule is C=C[Si](C)(c1cccc(C(F)(F)F)c1)c1cccc(C(F)(F)F)c1. The summed E-state index contributed by atoms with van der Waals surface area (Å²) in [5.74, 6) is 0. The predicted octanol–water partition coefficient (Wildman–Crippen LogP) is 4.64. The third kappa shape index (κ3) is 3.56. The number of hydrogen-bond donors (Lipinski definition) is 0.